The van der Waals surface area contributed by atoms with E-state index in [0.29, 0.717) is 25.3 Å². The second-order valence-electron chi connectivity index (χ2n) is 6.68. The summed E-state index contributed by atoms with van der Waals surface area (Å²) in [6, 6.07) is 12.7. The second-order valence-corrected chi connectivity index (χ2v) is 6.68. The molecule has 1 amide bonds. The van der Waals surface area contributed by atoms with Gasteiger partial charge in [0.2, 0.25) is 5.91 Å². The Labute approximate surface area is 161 Å². The standard InChI is InChI=1S/C21H21F3N2O2/c22-21(23,24)17-4-3-13-26(14-17)20(27)11-8-16-6-9-19(10-7-16)28-15-18-5-1-2-12-25-18/h1-2,5-12,17H,3-4,13-15H2/b11-8+/t17-/m1/s1. The summed E-state index contributed by atoms with van der Waals surface area (Å²) < 4.78 is 44.2. The minimum Gasteiger partial charge on any atom is -0.487 e. The van der Waals surface area contributed by atoms with E-state index >= 15 is 0 Å². The van der Waals surface area contributed by atoms with Crippen molar-refractivity contribution in [2.24, 2.45) is 5.92 Å². The number of aromatic nitrogens is 1. The van der Waals surface area contributed by atoms with E-state index in [4.69, 9.17) is 4.74 Å². The van der Waals surface area contributed by atoms with Crippen molar-refractivity contribution in [1.29, 1.82) is 0 Å². The summed E-state index contributed by atoms with van der Waals surface area (Å²) in [6.07, 6.45) is 0.810. The zero-order valence-corrected chi connectivity index (χ0v) is 15.2. The van der Waals surface area contributed by atoms with E-state index in [2.05, 4.69) is 4.98 Å². The number of nitrogens with zero attached hydrogens (tertiary/aromatic N) is 2. The lowest BCUT2D eigenvalue weighted by Crippen LogP contribution is -2.44. The molecule has 0 aliphatic carbocycles. The zero-order chi connectivity index (χ0) is 20.0. The Balaban J connectivity index is 1.53. The summed E-state index contributed by atoms with van der Waals surface area (Å²) in [7, 11) is 0. The molecule has 3 rings (SSSR count). The number of rotatable bonds is 5. The van der Waals surface area contributed by atoms with Gasteiger partial charge in [-0.1, -0.05) is 18.2 Å². The molecule has 1 aliphatic heterocycles. The van der Waals surface area contributed by atoms with Gasteiger partial charge in [-0.15, -0.1) is 0 Å². The van der Waals surface area contributed by atoms with Crippen LogP contribution in [0.4, 0.5) is 13.2 Å². The first-order valence-electron chi connectivity index (χ1n) is 9.08. The number of pyridine rings is 1. The molecule has 148 valence electrons. The number of carbonyl (C=O) groups excluding carboxylic acids is 1. The van der Waals surface area contributed by atoms with Crippen molar-refractivity contribution in [2.45, 2.75) is 25.6 Å². The lowest BCUT2D eigenvalue weighted by molar-refractivity contribution is -0.187. The van der Waals surface area contributed by atoms with E-state index in [-0.39, 0.29) is 13.0 Å². The van der Waals surface area contributed by atoms with E-state index < -0.39 is 18.0 Å². The maximum absolute atomic E-state index is 12.9. The molecule has 1 saturated heterocycles. The normalized spacial score (nSPS) is 17.7. The molecule has 1 aliphatic rings. The number of piperidine rings is 1. The minimum absolute atomic E-state index is 0.0803. The summed E-state index contributed by atoms with van der Waals surface area (Å²) in [6.45, 7) is 0.437. The Morgan fingerprint density at radius 3 is 2.68 bits per heavy atom. The molecule has 2 aromatic rings. The largest absolute Gasteiger partial charge is 0.487 e. The van der Waals surface area contributed by atoms with E-state index in [1.54, 1.807) is 36.5 Å². The number of alkyl halides is 3. The highest BCUT2D eigenvalue weighted by Crippen LogP contribution is 2.33. The van der Waals surface area contributed by atoms with Gasteiger partial charge in [-0.3, -0.25) is 9.78 Å². The van der Waals surface area contributed by atoms with Crippen LogP contribution in [0.1, 0.15) is 24.1 Å². The molecule has 28 heavy (non-hydrogen) atoms. The Hall–Kier alpha value is -2.83. The predicted octanol–water partition coefficient (Wildman–Crippen LogP) is 4.47. The molecule has 1 aromatic carbocycles. The SMILES string of the molecule is O=C(/C=C/c1ccc(OCc2ccccn2)cc1)N1CCC[C@@H](C(F)(F)F)C1. The Morgan fingerprint density at radius 2 is 2.00 bits per heavy atom. The number of hydrogen-bond acceptors (Lipinski definition) is 3. The molecule has 7 heteroatoms. The first-order chi connectivity index (χ1) is 13.4. The molecule has 2 heterocycles. The highest BCUT2D eigenvalue weighted by atomic mass is 19.4. The highest BCUT2D eigenvalue weighted by Gasteiger charge is 2.42. The van der Waals surface area contributed by atoms with Crippen molar-refractivity contribution < 1.29 is 22.7 Å². The fraction of sp³-hybridized carbons (Fsp3) is 0.333. The summed E-state index contributed by atoms with van der Waals surface area (Å²) in [5.74, 6) is -1.17. The van der Waals surface area contributed by atoms with Crippen molar-refractivity contribution in [3.8, 4) is 5.75 Å². The second kappa shape index (κ2) is 8.91. The third-order valence-electron chi connectivity index (χ3n) is 4.61. The molecule has 0 radical (unpaired) electrons. The molecule has 0 saturated carbocycles. The average Bonchev–Trinajstić information content (AvgIpc) is 2.71. The molecule has 1 atom stereocenters. The Bertz CT molecular complexity index is 805. The average molecular weight is 390 g/mol. The van der Waals surface area contributed by atoms with Gasteiger partial charge in [0.1, 0.15) is 12.4 Å². The van der Waals surface area contributed by atoms with Crippen LogP contribution in [0.3, 0.4) is 0 Å². The van der Waals surface area contributed by atoms with Crippen molar-refractivity contribution in [3.05, 3.63) is 66.0 Å². The number of likely N-dealkylation sites (tertiary alicyclic amines) is 1. The number of benzene rings is 1. The zero-order valence-electron chi connectivity index (χ0n) is 15.2. The molecule has 0 bridgehead atoms. The smallest absolute Gasteiger partial charge is 0.393 e. The first kappa shape index (κ1) is 19.9. The number of carbonyl (C=O) groups is 1. The van der Waals surface area contributed by atoms with Crippen LogP contribution in [0, 0.1) is 5.92 Å². The van der Waals surface area contributed by atoms with Crippen molar-refractivity contribution >= 4 is 12.0 Å². The van der Waals surface area contributed by atoms with E-state index in [1.165, 1.54) is 11.0 Å². The van der Waals surface area contributed by atoms with Crippen LogP contribution in [-0.2, 0) is 11.4 Å². The Kier molecular flexibility index (Phi) is 6.34. The van der Waals surface area contributed by atoms with E-state index in [0.717, 1.165) is 11.3 Å². The third-order valence-corrected chi connectivity index (χ3v) is 4.61. The molecule has 1 aromatic heterocycles. The van der Waals surface area contributed by atoms with Crippen LogP contribution < -0.4 is 4.74 Å². The maximum atomic E-state index is 12.9. The summed E-state index contributed by atoms with van der Waals surface area (Å²) >= 11 is 0. The van der Waals surface area contributed by atoms with Crippen LogP contribution in [0.15, 0.2) is 54.7 Å². The minimum atomic E-state index is -4.26. The predicted molar refractivity (Wildman–Crippen MR) is 99.4 cm³/mol. The fourth-order valence-electron chi connectivity index (χ4n) is 3.03. The van der Waals surface area contributed by atoms with Crippen LogP contribution in [0.5, 0.6) is 5.75 Å². The monoisotopic (exact) mass is 390 g/mol. The molecule has 1 fully saturated rings. The lowest BCUT2D eigenvalue weighted by atomic mass is 9.97. The topological polar surface area (TPSA) is 42.4 Å². The number of halogens is 3. The number of amides is 1. The van der Waals surface area contributed by atoms with E-state index in [9.17, 15) is 18.0 Å². The maximum Gasteiger partial charge on any atom is 0.393 e. The molecule has 0 unspecified atom stereocenters. The first-order valence-corrected chi connectivity index (χ1v) is 9.08. The van der Waals surface area contributed by atoms with Gasteiger partial charge >= 0.3 is 6.18 Å². The van der Waals surface area contributed by atoms with Gasteiger partial charge in [-0.05, 0) is 48.7 Å². The van der Waals surface area contributed by atoms with Crippen LogP contribution in [-0.4, -0.2) is 35.1 Å². The summed E-state index contributed by atoms with van der Waals surface area (Å²) in [5.41, 5.74) is 1.58. The van der Waals surface area contributed by atoms with E-state index in [1.807, 2.05) is 18.2 Å². The van der Waals surface area contributed by atoms with Crippen molar-refractivity contribution in [3.63, 3.8) is 0 Å². The fourth-order valence-corrected chi connectivity index (χ4v) is 3.03. The van der Waals surface area contributed by atoms with Crippen LogP contribution >= 0.6 is 0 Å². The molecule has 4 nitrogen and oxygen atoms in total. The summed E-state index contributed by atoms with van der Waals surface area (Å²) in [5, 5.41) is 0. The Morgan fingerprint density at radius 1 is 1.21 bits per heavy atom. The molecular weight excluding hydrogens is 369 g/mol. The van der Waals surface area contributed by atoms with Gasteiger partial charge in [0, 0.05) is 25.4 Å². The van der Waals surface area contributed by atoms with Gasteiger partial charge in [0.05, 0.1) is 11.6 Å². The lowest BCUT2D eigenvalue weighted by Gasteiger charge is -2.33. The quantitative estimate of drug-likeness (QED) is 0.708. The molecule has 0 N–H and O–H groups in total. The number of ether oxygens (including phenoxy) is 1. The summed E-state index contributed by atoms with van der Waals surface area (Å²) in [4.78, 5) is 17.7. The van der Waals surface area contributed by atoms with Crippen molar-refractivity contribution in [1.82, 2.24) is 9.88 Å². The molecular formula is C21H21F3N2O2. The van der Waals surface area contributed by atoms with Crippen LogP contribution in [0.25, 0.3) is 6.08 Å². The van der Waals surface area contributed by atoms with Gasteiger partial charge in [0.15, 0.2) is 0 Å². The highest BCUT2D eigenvalue weighted by molar-refractivity contribution is 5.91. The van der Waals surface area contributed by atoms with Gasteiger partial charge in [0.25, 0.3) is 0 Å². The number of hydrogen-bond donors (Lipinski definition) is 0. The van der Waals surface area contributed by atoms with Crippen molar-refractivity contribution in [2.75, 3.05) is 13.1 Å². The third kappa shape index (κ3) is 5.58. The van der Waals surface area contributed by atoms with Gasteiger partial charge in [-0.2, -0.15) is 13.2 Å². The molecule has 0 spiro atoms. The van der Waals surface area contributed by atoms with Gasteiger partial charge in [-0.25, -0.2) is 0 Å². The van der Waals surface area contributed by atoms with Crippen LogP contribution in [0.2, 0.25) is 0 Å². The van der Waals surface area contributed by atoms with Gasteiger partial charge < -0.3 is 9.64 Å².